The Morgan fingerprint density at radius 1 is 0.848 bits per heavy atom. The highest BCUT2D eigenvalue weighted by Gasteiger charge is 2.22. The van der Waals surface area contributed by atoms with Crippen molar-refractivity contribution in [1.82, 2.24) is 9.80 Å². The van der Waals surface area contributed by atoms with Crippen LogP contribution in [-0.2, 0) is 27.4 Å². The quantitative estimate of drug-likeness (QED) is 0.371. The summed E-state index contributed by atoms with van der Waals surface area (Å²) in [7, 11) is 1.61. The van der Waals surface area contributed by atoms with Gasteiger partial charge in [0.25, 0.3) is 5.91 Å². The predicted octanol–water partition coefficient (Wildman–Crippen LogP) is 3.75. The van der Waals surface area contributed by atoms with Crippen LogP contribution in [0.5, 0.6) is 5.75 Å². The molecule has 2 amide bonds. The average Bonchev–Trinajstić information content (AvgIpc) is 3.36. The first-order valence-corrected chi connectivity index (χ1v) is 10.9. The third-order valence-corrected chi connectivity index (χ3v) is 5.06. The second-order valence-corrected chi connectivity index (χ2v) is 7.58. The van der Waals surface area contributed by atoms with Crippen molar-refractivity contribution in [3.8, 4) is 5.75 Å². The first-order chi connectivity index (χ1) is 16.2. The molecule has 0 unspecified atom stereocenters. The molecule has 1 heterocycles. The summed E-state index contributed by atoms with van der Waals surface area (Å²) in [4.78, 5) is 29.5. The van der Waals surface area contributed by atoms with Crippen LogP contribution in [0.2, 0.25) is 0 Å². The van der Waals surface area contributed by atoms with E-state index in [1.165, 1.54) is 4.90 Å². The van der Waals surface area contributed by atoms with Crippen LogP contribution in [-0.4, -0.2) is 55.0 Å². The Hall–Kier alpha value is -3.58. The minimum atomic E-state index is -0.249. The fraction of sp³-hybridized carbons (Fsp3) is 0.308. The summed E-state index contributed by atoms with van der Waals surface area (Å²) in [6.07, 6.45) is 2.21. The van der Waals surface area contributed by atoms with E-state index in [1.807, 2.05) is 54.6 Å². The Kier molecular flexibility index (Phi) is 9.54. The molecule has 0 aliphatic rings. The van der Waals surface area contributed by atoms with Gasteiger partial charge in [-0.1, -0.05) is 48.5 Å². The van der Waals surface area contributed by atoms with Crippen LogP contribution < -0.4 is 4.74 Å². The van der Waals surface area contributed by atoms with Gasteiger partial charge in [-0.05, 0) is 36.2 Å². The molecule has 3 rings (SSSR count). The molecular weight excluding hydrogens is 420 g/mol. The van der Waals surface area contributed by atoms with Gasteiger partial charge < -0.3 is 23.7 Å². The lowest BCUT2D eigenvalue weighted by Crippen LogP contribution is -2.44. The third-order valence-electron chi connectivity index (χ3n) is 5.06. The predicted molar refractivity (Wildman–Crippen MR) is 124 cm³/mol. The molecule has 0 aliphatic carbocycles. The smallest absolute Gasteiger partial charge is 0.260 e. The fourth-order valence-electron chi connectivity index (χ4n) is 3.33. The maximum atomic E-state index is 13.3. The molecule has 0 bridgehead atoms. The zero-order valence-corrected chi connectivity index (χ0v) is 18.9. The molecule has 7 heteroatoms. The van der Waals surface area contributed by atoms with Crippen molar-refractivity contribution < 1.29 is 23.5 Å². The number of methoxy groups -OCH3 is 1. The topological polar surface area (TPSA) is 72.2 Å². The van der Waals surface area contributed by atoms with E-state index in [-0.39, 0.29) is 25.0 Å². The number of para-hydroxylation sites is 1. The first-order valence-electron chi connectivity index (χ1n) is 10.9. The molecule has 2 aromatic carbocycles. The number of hydrogen-bond donors (Lipinski definition) is 0. The number of nitrogens with zero attached hydrogens (tertiary/aromatic N) is 2. The highest BCUT2D eigenvalue weighted by Crippen LogP contribution is 2.13. The van der Waals surface area contributed by atoms with Gasteiger partial charge in [0.2, 0.25) is 5.91 Å². The molecule has 33 heavy (non-hydrogen) atoms. The van der Waals surface area contributed by atoms with Crippen LogP contribution in [0, 0.1) is 0 Å². The highest BCUT2D eigenvalue weighted by atomic mass is 16.5. The fourth-order valence-corrected chi connectivity index (χ4v) is 3.33. The van der Waals surface area contributed by atoms with Crippen LogP contribution in [0.15, 0.2) is 83.5 Å². The van der Waals surface area contributed by atoms with Gasteiger partial charge in [-0.3, -0.25) is 9.59 Å². The number of hydrogen-bond acceptors (Lipinski definition) is 5. The Labute approximate surface area is 194 Å². The summed E-state index contributed by atoms with van der Waals surface area (Å²) in [5.74, 6) is 0.878. The zero-order chi connectivity index (χ0) is 23.3. The van der Waals surface area contributed by atoms with Gasteiger partial charge >= 0.3 is 0 Å². The summed E-state index contributed by atoms with van der Waals surface area (Å²) < 4.78 is 16.2. The minimum absolute atomic E-state index is 0.0474. The Bertz CT molecular complexity index is 961. The molecule has 0 spiro atoms. The molecule has 3 aromatic rings. The van der Waals surface area contributed by atoms with E-state index in [2.05, 4.69) is 0 Å². The minimum Gasteiger partial charge on any atom is -0.484 e. The zero-order valence-electron chi connectivity index (χ0n) is 18.9. The standard InChI is InChI=1S/C26H30N2O5/c1-31-16-9-15-27(26(30)21-33-23-12-6-3-7-13-23)20-25(29)28(19-24-14-8-17-32-24)18-22-10-4-2-5-11-22/h2-8,10-14,17H,9,15-16,18-21H2,1H3. The van der Waals surface area contributed by atoms with Crippen molar-refractivity contribution in [3.63, 3.8) is 0 Å². The molecule has 0 atom stereocenters. The molecule has 0 fully saturated rings. The van der Waals surface area contributed by atoms with E-state index in [4.69, 9.17) is 13.9 Å². The molecule has 0 aliphatic heterocycles. The van der Waals surface area contributed by atoms with Gasteiger partial charge in [-0.2, -0.15) is 0 Å². The normalized spacial score (nSPS) is 10.6. The lowest BCUT2D eigenvalue weighted by atomic mass is 10.2. The molecule has 174 valence electrons. The van der Waals surface area contributed by atoms with Crippen molar-refractivity contribution in [2.45, 2.75) is 19.5 Å². The summed E-state index contributed by atoms with van der Waals surface area (Å²) in [6, 6.07) is 22.5. The Balaban J connectivity index is 1.68. The van der Waals surface area contributed by atoms with Gasteiger partial charge in [0, 0.05) is 26.8 Å². The van der Waals surface area contributed by atoms with Crippen molar-refractivity contribution in [3.05, 3.63) is 90.4 Å². The van der Waals surface area contributed by atoms with Crippen LogP contribution in [0.4, 0.5) is 0 Å². The van der Waals surface area contributed by atoms with E-state index in [9.17, 15) is 9.59 Å². The molecule has 7 nitrogen and oxygen atoms in total. The van der Waals surface area contributed by atoms with E-state index < -0.39 is 0 Å². The average molecular weight is 451 g/mol. The van der Waals surface area contributed by atoms with Crippen molar-refractivity contribution in [1.29, 1.82) is 0 Å². The maximum absolute atomic E-state index is 13.3. The Morgan fingerprint density at radius 2 is 1.58 bits per heavy atom. The number of carbonyl (C=O) groups excluding carboxylic acids is 2. The third kappa shape index (κ3) is 8.12. The second-order valence-electron chi connectivity index (χ2n) is 7.58. The first kappa shape index (κ1) is 24.1. The summed E-state index contributed by atoms with van der Waals surface area (Å²) in [6.45, 7) is 1.45. The molecular formula is C26H30N2O5. The van der Waals surface area contributed by atoms with Crippen molar-refractivity contribution in [2.75, 3.05) is 33.4 Å². The van der Waals surface area contributed by atoms with E-state index >= 15 is 0 Å². The van der Waals surface area contributed by atoms with Gasteiger partial charge in [-0.15, -0.1) is 0 Å². The number of amides is 2. The SMILES string of the molecule is COCCCN(CC(=O)N(Cc1ccccc1)Cc1ccco1)C(=O)COc1ccccc1. The number of carbonyl (C=O) groups is 2. The lowest BCUT2D eigenvalue weighted by Gasteiger charge is -2.27. The van der Waals surface area contributed by atoms with E-state index in [0.717, 1.165) is 5.56 Å². The molecule has 0 N–H and O–H groups in total. The van der Waals surface area contributed by atoms with E-state index in [1.54, 1.807) is 36.5 Å². The van der Waals surface area contributed by atoms with Crippen molar-refractivity contribution >= 4 is 11.8 Å². The largest absolute Gasteiger partial charge is 0.484 e. The number of rotatable bonds is 13. The van der Waals surface area contributed by atoms with Crippen LogP contribution in [0.1, 0.15) is 17.7 Å². The summed E-state index contributed by atoms with van der Waals surface area (Å²) in [5, 5.41) is 0. The molecule has 1 aromatic heterocycles. The van der Waals surface area contributed by atoms with Crippen molar-refractivity contribution in [2.24, 2.45) is 0 Å². The monoisotopic (exact) mass is 450 g/mol. The van der Waals surface area contributed by atoms with Crippen LogP contribution in [0.25, 0.3) is 0 Å². The number of ether oxygens (including phenoxy) is 2. The Morgan fingerprint density at radius 3 is 2.24 bits per heavy atom. The van der Waals surface area contributed by atoms with Gasteiger partial charge in [0.1, 0.15) is 11.5 Å². The summed E-state index contributed by atoms with van der Waals surface area (Å²) in [5.41, 5.74) is 1.00. The second kappa shape index (κ2) is 13.1. The van der Waals surface area contributed by atoms with Gasteiger partial charge in [0.15, 0.2) is 6.61 Å². The number of benzene rings is 2. The highest BCUT2D eigenvalue weighted by molar-refractivity contribution is 5.85. The maximum Gasteiger partial charge on any atom is 0.260 e. The van der Waals surface area contributed by atoms with E-state index in [0.29, 0.717) is 44.2 Å². The summed E-state index contributed by atoms with van der Waals surface area (Å²) >= 11 is 0. The molecule has 0 saturated carbocycles. The van der Waals surface area contributed by atoms with Gasteiger partial charge in [0.05, 0.1) is 19.4 Å². The van der Waals surface area contributed by atoms with Crippen LogP contribution >= 0.6 is 0 Å². The lowest BCUT2D eigenvalue weighted by molar-refractivity contribution is -0.142. The molecule has 0 radical (unpaired) electrons. The molecule has 0 saturated heterocycles. The van der Waals surface area contributed by atoms with Crippen LogP contribution in [0.3, 0.4) is 0 Å². The van der Waals surface area contributed by atoms with Gasteiger partial charge in [-0.25, -0.2) is 0 Å². The number of furan rings is 1.